The zero-order chi connectivity index (χ0) is 10.8. The number of anilines is 1. The van der Waals surface area contributed by atoms with Crippen molar-refractivity contribution >= 4 is 17.1 Å². The molecule has 84 valence electrons. The predicted octanol–water partition coefficient (Wildman–Crippen LogP) is 2.75. The number of oxazole rings is 1. The van der Waals surface area contributed by atoms with E-state index >= 15 is 0 Å². The number of hydrogen-bond donors (Lipinski definition) is 0. The lowest BCUT2D eigenvalue weighted by Crippen LogP contribution is -2.23. The number of benzene rings is 1. The number of nitrogens with zero attached hydrogens (tertiary/aromatic N) is 2. The lowest BCUT2D eigenvalue weighted by atomic mass is 10.2. The van der Waals surface area contributed by atoms with Gasteiger partial charge < -0.3 is 4.42 Å². The van der Waals surface area contributed by atoms with Gasteiger partial charge in [0.15, 0.2) is 5.58 Å². The van der Waals surface area contributed by atoms with E-state index in [-0.39, 0.29) is 0 Å². The first-order valence-corrected chi connectivity index (χ1v) is 5.69. The van der Waals surface area contributed by atoms with Crippen LogP contribution in [0.4, 0.5) is 6.01 Å². The van der Waals surface area contributed by atoms with E-state index in [9.17, 15) is 0 Å². The van der Waals surface area contributed by atoms with Crippen molar-refractivity contribution in [2.24, 2.45) is 0 Å². The summed E-state index contributed by atoms with van der Waals surface area (Å²) in [7, 11) is 0. The Hall–Kier alpha value is -1.55. The van der Waals surface area contributed by atoms with Crippen LogP contribution in [0.15, 0.2) is 28.7 Å². The van der Waals surface area contributed by atoms with Crippen LogP contribution < -0.4 is 5.06 Å². The van der Waals surface area contributed by atoms with Crippen LogP contribution in [-0.4, -0.2) is 18.1 Å². The quantitative estimate of drug-likeness (QED) is 0.737. The molecular formula is C12H14N2O2. The number of rotatable bonds is 1. The van der Waals surface area contributed by atoms with Crippen LogP contribution >= 0.6 is 0 Å². The van der Waals surface area contributed by atoms with Gasteiger partial charge in [-0.3, -0.25) is 4.84 Å². The molecule has 4 heteroatoms. The second-order valence-electron chi connectivity index (χ2n) is 3.96. The molecule has 0 N–H and O–H groups in total. The normalized spacial score (nSPS) is 17.6. The van der Waals surface area contributed by atoms with Crippen LogP contribution in [0.1, 0.15) is 19.3 Å². The molecule has 1 aromatic heterocycles. The minimum Gasteiger partial charge on any atom is -0.422 e. The SMILES string of the molecule is c1ccc2oc(N3CCCCCO3)nc2c1. The Kier molecular flexibility index (Phi) is 2.50. The molecule has 3 rings (SSSR count). The number of para-hydroxylation sites is 2. The van der Waals surface area contributed by atoms with Gasteiger partial charge in [-0.15, -0.1) is 0 Å². The van der Waals surface area contributed by atoms with Crippen LogP contribution in [0.25, 0.3) is 11.1 Å². The zero-order valence-electron chi connectivity index (χ0n) is 9.06. The van der Waals surface area contributed by atoms with Gasteiger partial charge in [-0.25, -0.2) is 5.06 Å². The van der Waals surface area contributed by atoms with Crippen molar-refractivity contribution in [3.63, 3.8) is 0 Å². The molecule has 0 aliphatic carbocycles. The van der Waals surface area contributed by atoms with Gasteiger partial charge in [0, 0.05) is 0 Å². The monoisotopic (exact) mass is 218 g/mol. The summed E-state index contributed by atoms with van der Waals surface area (Å²) in [5, 5.41) is 1.77. The molecule has 0 saturated carbocycles. The molecule has 0 radical (unpaired) electrons. The lowest BCUT2D eigenvalue weighted by Gasteiger charge is -2.15. The second-order valence-corrected chi connectivity index (χ2v) is 3.96. The van der Waals surface area contributed by atoms with Gasteiger partial charge in [-0.05, 0) is 31.4 Å². The van der Waals surface area contributed by atoms with Gasteiger partial charge >= 0.3 is 6.01 Å². The van der Waals surface area contributed by atoms with Crippen LogP contribution in [0.5, 0.6) is 0 Å². The summed E-state index contributed by atoms with van der Waals surface area (Å²) in [4.78, 5) is 10.0. The third kappa shape index (κ3) is 1.76. The molecule has 0 bridgehead atoms. The average molecular weight is 218 g/mol. The van der Waals surface area contributed by atoms with Crippen molar-refractivity contribution in [3.05, 3.63) is 24.3 Å². The summed E-state index contributed by atoms with van der Waals surface area (Å²) < 4.78 is 5.65. The molecule has 2 aromatic rings. The molecule has 1 fully saturated rings. The molecule has 0 atom stereocenters. The molecular weight excluding hydrogens is 204 g/mol. The fraction of sp³-hybridized carbons (Fsp3) is 0.417. The highest BCUT2D eigenvalue weighted by Gasteiger charge is 2.16. The Morgan fingerprint density at radius 1 is 1.12 bits per heavy atom. The summed E-state index contributed by atoms with van der Waals surface area (Å²) in [6.07, 6.45) is 3.44. The molecule has 0 amide bonds. The highest BCUT2D eigenvalue weighted by Crippen LogP contribution is 2.23. The molecule has 1 aromatic carbocycles. The number of fused-ring (bicyclic) bond motifs is 1. The fourth-order valence-electron chi connectivity index (χ4n) is 1.89. The zero-order valence-corrected chi connectivity index (χ0v) is 9.06. The van der Waals surface area contributed by atoms with E-state index < -0.39 is 0 Å². The van der Waals surface area contributed by atoms with E-state index in [1.807, 2.05) is 24.3 Å². The van der Waals surface area contributed by atoms with Crippen molar-refractivity contribution < 1.29 is 9.25 Å². The van der Waals surface area contributed by atoms with E-state index in [4.69, 9.17) is 9.25 Å². The molecule has 16 heavy (non-hydrogen) atoms. The molecule has 1 aliphatic rings. The van der Waals surface area contributed by atoms with Crippen LogP contribution in [0.2, 0.25) is 0 Å². The molecule has 2 heterocycles. The van der Waals surface area contributed by atoms with E-state index in [0.29, 0.717) is 6.01 Å². The molecule has 1 aliphatic heterocycles. The first kappa shape index (κ1) is 9.66. The largest absolute Gasteiger partial charge is 0.422 e. The van der Waals surface area contributed by atoms with E-state index in [1.165, 1.54) is 6.42 Å². The maximum absolute atomic E-state index is 5.65. The van der Waals surface area contributed by atoms with Gasteiger partial charge in [-0.1, -0.05) is 12.1 Å². The third-order valence-corrected chi connectivity index (χ3v) is 2.75. The maximum atomic E-state index is 5.65. The smallest absolute Gasteiger partial charge is 0.323 e. The van der Waals surface area contributed by atoms with Crippen molar-refractivity contribution in [3.8, 4) is 0 Å². The van der Waals surface area contributed by atoms with Crippen LogP contribution in [0.3, 0.4) is 0 Å². The average Bonchev–Trinajstić information content (AvgIpc) is 2.56. The third-order valence-electron chi connectivity index (χ3n) is 2.75. The van der Waals surface area contributed by atoms with E-state index in [2.05, 4.69) is 4.98 Å². The van der Waals surface area contributed by atoms with Crippen molar-refractivity contribution in [2.75, 3.05) is 18.2 Å². The van der Waals surface area contributed by atoms with Crippen LogP contribution in [0, 0.1) is 0 Å². The van der Waals surface area contributed by atoms with Gasteiger partial charge in [0.1, 0.15) is 5.52 Å². The minimum absolute atomic E-state index is 0.572. The standard InChI is InChI=1S/C12H14N2O2/c1-4-8-14(15-9-5-1)12-13-10-6-2-3-7-11(10)16-12/h2-3,6-7H,1,4-5,8-9H2. The first-order valence-electron chi connectivity index (χ1n) is 5.69. The summed E-state index contributed by atoms with van der Waals surface area (Å²) in [6, 6.07) is 8.34. The summed E-state index contributed by atoms with van der Waals surface area (Å²) in [5.41, 5.74) is 1.69. The Bertz CT molecular complexity index is 440. The predicted molar refractivity (Wildman–Crippen MR) is 61.2 cm³/mol. The second kappa shape index (κ2) is 4.14. The molecule has 0 unspecified atom stereocenters. The van der Waals surface area contributed by atoms with Crippen LogP contribution in [-0.2, 0) is 4.84 Å². The van der Waals surface area contributed by atoms with E-state index in [0.717, 1.165) is 37.1 Å². The van der Waals surface area contributed by atoms with Gasteiger partial charge in [-0.2, -0.15) is 4.98 Å². The number of hydroxylamine groups is 1. The first-order chi connectivity index (χ1) is 7.93. The fourth-order valence-corrected chi connectivity index (χ4v) is 1.89. The van der Waals surface area contributed by atoms with Crippen molar-refractivity contribution in [1.29, 1.82) is 0 Å². The van der Waals surface area contributed by atoms with Gasteiger partial charge in [0.2, 0.25) is 0 Å². The minimum atomic E-state index is 0.572. The number of hydrogen-bond acceptors (Lipinski definition) is 4. The summed E-state index contributed by atoms with van der Waals surface area (Å²) in [5.74, 6) is 0. The Balaban J connectivity index is 1.92. The van der Waals surface area contributed by atoms with E-state index in [1.54, 1.807) is 5.06 Å². The topological polar surface area (TPSA) is 38.5 Å². The highest BCUT2D eigenvalue weighted by atomic mass is 16.7. The lowest BCUT2D eigenvalue weighted by molar-refractivity contribution is 0.107. The summed E-state index contributed by atoms with van der Waals surface area (Å²) in [6.45, 7) is 1.60. The van der Waals surface area contributed by atoms with Crippen molar-refractivity contribution in [2.45, 2.75) is 19.3 Å². The highest BCUT2D eigenvalue weighted by molar-refractivity contribution is 5.74. The van der Waals surface area contributed by atoms with Gasteiger partial charge in [0.05, 0.1) is 13.2 Å². The van der Waals surface area contributed by atoms with Gasteiger partial charge in [0.25, 0.3) is 0 Å². The molecule has 1 saturated heterocycles. The molecule has 0 spiro atoms. The maximum Gasteiger partial charge on any atom is 0.323 e. The Labute approximate surface area is 93.8 Å². The Morgan fingerprint density at radius 3 is 3.00 bits per heavy atom. The van der Waals surface area contributed by atoms with Crippen molar-refractivity contribution in [1.82, 2.24) is 4.98 Å². The summed E-state index contributed by atoms with van der Waals surface area (Å²) >= 11 is 0. The number of aromatic nitrogens is 1. The Morgan fingerprint density at radius 2 is 2.06 bits per heavy atom. The molecule has 4 nitrogen and oxygen atoms in total.